The Bertz CT molecular complexity index is 3300. The fraction of sp³-hybridized carbons (Fsp3) is 0.0175. The van der Waals surface area contributed by atoms with Gasteiger partial charge in [-0.1, -0.05) is 170 Å². The van der Waals surface area contributed by atoms with Gasteiger partial charge in [0.2, 0.25) is 0 Å². The molecule has 0 saturated heterocycles. The molecule has 6 heteroatoms. The first kappa shape index (κ1) is 36.4. The van der Waals surface area contributed by atoms with Gasteiger partial charge >= 0.3 is 0 Å². The quantitative estimate of drug-likeness (QED) is 0.160. The van der Waals surface area contributed by atoms with Gasteiger partial charge < -0.3 is 9.47 Å². The van der Waals surface area contributed by atoms with Gasteiger partial charge in [-0.05, 0) is 87.0 Å². The number of hydrogen-bond acceptors (Lipinski definition) is 6. The van der Waals surface area contributed by atoms with E-state index in [-0.39, 0.29) is 0 Å². The van der Waals surface area contributed by atoms with Gasteiger partial charge in [0, 0.05) is 28.5 Å². The number of ether oxygens (including phenoxy) is 2. The molecule has 12 rings (SSSR count). The fourth-order valence-corrected chi connectivity index (χ4v) is 9.31. The van der Waals surface area contributed by atoms with E-state index in [1.54, 1.807) is 6.20 Å². The van der Waals surface area contributed by atoms with Crippen LogP contribution in [0.4, 0.5) is 0 Å². The SMILES string of the molecule is c1ccc(-c2nc(-c3cccc(-c4ccccn4)c3)nc(-c3ccccc3-c3ccc4c(c3)Oc3cc5c(cc3O4)C(c3ccccc3)(c3ccccc3)c3ccccc3-5)n2)cc1. The van der Waals surface area contributed by atoms with Crippen LogP contribution in [0, 0.1) is 0 Å². The summed E-state index contributed by atoms with van der Waals surface area (Å²) in [5.74, 6) is 4.34. The van der Waals surface area contributed by atoms with Crippen LogP contribution in [0.2, 0.25) is 0 Å². The Morgan fingerprint density at radius 1 is 0.317 bits per heavy atom. The lowest BCUT2D eigenvalue weighted by Gasteiger charge is -2.34. The van der Waals surface area contributed by atoms with Crippen molar-refractivity contribution in [1.29, 1.82) is 0 Å². The van der Waals surface area contributed by atoms with Crippen LogP contribution in [0.25, 0.3) is 67.7 Å². The first-order valence-electron chi connectivity index (χ1n) is 21.0. The number of hydrogen-bond donors (Lipinski definition) is 0. The normalized spacial score (nSPS) is 12.8. The van der Waals surface area contributed by atoms with Crippen LogP contribution < -0.4 is 9.47 Å². The summed E-state index contributed by atoms with van der Waals surface area (Å²) < 4.78 is 13.6. The number of pyridine rings is 1. The Hall–Kier alpha value is -8.48. The molecule has 63 heavy (non-hydrogen) atoms. The standard InChI is InChI=1S/C57H36N4O2/c1-4-17-37(18-5-1)54-59-55(40-20-16-19-39(33-40)49-29-14-15-32-58-49)61-56(60-54)45-27-11-10-25-43(45)38-30-31-50-51(34-38)63-52-35-46-44-26-12-13-28-47(44)57(41-21-6-2-7-22-41,42-23-8-3-9-24-42)48(46)36-53(52)62-50/h1-36H. The molecule has 0 saturated carbocycles. The van der Waals surface area contributed by atoms with Crippen molar-refractivity contribution >= 4 is 0 Å². The van der Waals surface area contributed by atoms with Gasteiger partial charge in [0.05, 0.1) is 11.1 Å². The van der Waals surface area contributed by atoms with E-state index in [1.807, 2.05) is 84.9 Å². The van der Waals surface area contributed by atoms with Crippen LogP contribution in [0.1, 0.15) is 22.3 Å². The number of benzene rings is 8. The summed E-state index contributed by atoms with van der Waals surface area (Å²) in [6, 6.07) is 73.1. The predicted octanol–water partition coefficient (Wildman–Crippen LogP) is 13.9. The van der Waals surface area contributed by atoms with E-state index in [9.17, 15) is 0 Å². The van der Waals surface area contributed by atoms with E-state index in [1.165, 1.54) is 22.3 Å². The van der Waals surface area contributed by atoms with E-state index in [0.717, 1.165) is 50.2 Å². The molecule has 0 atom stereocenters. The molecule has 0 radical (unpaired) electrons. The highest BCUT2D eigenvalue weighted by atomic mass is 16.6. The summed E-state index contributed by atoms with van der Waals surface area (Å²) in [4.78, 5) is 19.8. The molecular weight excluding hydrogens is 773 g/mol. The van der Waals surface area contributed by atoms with Crippen molar-refractivity contribution in [3.8, 4) is 90.7 Å². The van der Waals surface area contributed by atoms with Crippen LogP contribution in [0.5, 0.6) is 23.0 Å². The zero-order valence-electron chi connectivity index (χ0n) is 33.9. The minimum Gasteiger partial charge on any atom is -0.450 e. The number of nitrogens with zero attached hydrogens (tertiary/aromatic N) is 4. The van der Waals surface area contributed by atoms with Crippen molar-refractivity contribution in [2.75, 3.05) is 0 Å². The lowest BCUT2D eigenvalue weighted by atomic mass is 9.67. The van der Waals surface area contributed by atoms with Crippen molar-refractivity contribution in [3.63, 3.8) is 0 Å². The van der Waals surface area contributed by atoms with Gasteiger partial charge in [-0.2, -0.15) is 0 Å². The molecule has 3 heterocycles. The molecule has 0 unspecified atom stereocenters. The lowest BCUT2D eigenvalue weighted by molar-refractivity contribution is 0.359. The molecule has 0 bridgehead atoms. The highest BCUT2D eigenvalue weighted by molar-refractivity contribution is 5.89. The third kappa shape index (κ3) is 6.11. The van der Waals surface area contributed by atoms with E-state index >= 15 is 0 Å². The number of aromatic nitrogens is 4. The summed E-state index contributed by atoms with van der Waals surface area (Å²) in [6.07, 6.45) is 1.80. The van der Waals surface area contributed by atoms with E-state index < -0.39 is 5.41 Å². The average molecular weight is 809 g/mol. The molecule has 0 fully saturated rings. The van der Waals surface area contributed by atoms with Crippen LogP contribution in [-0.4, -0.2) is 19.9 Å². The third-order valence-electron chi connectivity index (χ3n) is 12.1. The first-order chi connectivity index (χ1) is 31.2. The fourth-order valence-electron chi connectivity index (χ4n) is 9.31. The Kier molecular flexibility index (Phi) is 8.61. The molecule has 2 aliphatic rings. The maximum atomic E-state index is 6.84. The lowest BCUT2D eigenvalue weighted by Crippen LogP contribution is -2.28. The topological polar surface area (TPSA) is 70.0 Å². The number of fused-ring (bicyclic) bond motifs is 5. The number of rotatable bonds is 7. The predicted molar refractivity (Wildman–Crippen MR) is 249 cm³/mol. The Balaban J connectivity index is 0.953. The highest BCUT2D eigenvalue weighted by Crippen LogP contribution is 2.60. The average Bonchev–Trinajstić information content (AvgIpc) is 3.65. The first-order valence-corrected chi connectivity index (χ1v) is 21.0. The van der Waals surface area contributed by atoms with Gasteiger partial charge in [-0.3, -0.25) is 4.98 Å². The van der Waals surface area contributed by atoms with Crippen LogP contribution in [-0.2, 0) is 5.41 Å². The minimum atomic E-state index is -0.544. The summed E-state index contributed by atoms with van der Waals surface area (Å²) in [5.41, 5.74) is 12.9. The summed E-state index contributed by atoms with van der Waals surface area (Å²) in [5, 5.41) is 0. The largest absolute Gasteiger partial charge is 0.450 e. The van der Waals surface area contributed by atoms with Crippen molar-refractivity contribution < 1.29 is 9.47 Å². The zero-order chi connectivity index (χ0) is 41.7. The van der Waals surface area contributed by atoms with Crippen LogP contribution >= 0.6 is 0 Å². The van der Waals surface area contributed by atoms with E-state index in [4.69, 9.17) is 24.4 Å². The van der Waals surface area contributed by atoms with Gasteiger partial charge in [0.1, 0.15) is 0 Å². The van der Waals surface area contributed by atoms with E-state index in [2.05, 4.69) is 132 Å². The van der Waals surface area contributed by atoms with Crippen molar-refractivity contribution in [3.05, 3.63) is 241 Å². The van der Waals surface area contributed by atoms with Gasteiger partial charge in [-0.25, -0.2) is 15.0 Å². The van der Waals surface area contributed by atoms with Crippen LogP contribution in [0.15, 0.2) is 219 Å². The zero-order valence-corrected chi connectivity index (χ0v) is 33.9. The van der Waals surface area contributed by atoms with Gasteiger partial charge in [0.15, 0.2) is 40.5 Å². The molecule has 296 valence electrons. The maximum Gasteiger partial charge on any atom is 0.170 e. The summed E-state index contributed by atoms with van der Waals surface area (Å²) in [7, 11) is 0. The Morgan fingerprint density at radius 2 is 0.889 bits per heavy atom. The minimum absolute atomic E-state index is 0.544. The second-order valence-electron chi connectivity index (χ2n) is 15.8. The second-order valence-corrected chi connectivity index (χ2v) is 15.8. The summed E-state index contributed by atoms with van der Waals surface area (Å²) >= 11 is 0. The third-order valence-corrected chi connectivity index (χ3v) is 12.1. The molecule has 8 aromatic carbocycles. The summed E-state index contributed by atoms with van der Waals surface area (Å²) in [6.45, 7) is 0. The molecule has 0 N–H and O–H groups in total. The van der Waals surface area contributed by atoms with Crippen molar-refractivity contribution in [2.45, 2.75) is 5.41 Å². The van der Waals surface area contributed by atoms with Gasteiger partial charge in [0.25, 0.3) is 0 Å². The molecule has 1 aliphatic heterocycles. The maximum absolute atomic E-state index is 6.84. The molecule has 0 spiro atoms. The molecule has 0 amide bonds. The smallest absolute Gasteiger partial charge is 0.170 e. The monoisotopic (exact) mass is 808 g/mol. The highest BCUT2D eigenvalue weighted by Gasteiger charge is 2.47. The molecule has 10 aromatic rings. The molecular formula is C57H36N4O2. The molecule has 2 aromatic heterocycles. The van der Waals surface area contributed by atoms with Gasteiger partial charge in [-0.15, -0.1) is 0 Å². The van der Waals surface area contributed by atoms with Crippen molar-refractivity contribution in [2.24, 2.45) is 0 Å². The second kappa shape index (κ2) is 14.9. The Labute approximate surface area is 364 Å². The van der Waals surface area contributed by atoms with Crippen molar-refractivity contribution in [1.82, 2.24) is 19.9 Å². The molecule has 6 nitrogen and oxygen atoms in total. The van der Waals surface area contributed by atoms with Crippen LogP contribution in [0.3, 0.4) is 0 Å². The Morgan fingerprint density at radius 3 is 1.63 bits per heavy atom. The molecule has 1 aliphatic carbocycles. The van der Waals surface area contributed by atoms with E-state index in [0.29, 0.717) is 40.5 Å².